The second-order valence-electron chi connectivity index (χ2n) is 3.83. The lowest BCUT2D eigenvalue weighted by Crippen LogP contribution is -2.03. The monoisotopic (exact) mass is 283 g/mol. The molecule has 2 aromatic rings. The van der Waals surface area contributed by atoms with E-state index in [4.69, 9.17) is 23.2 Å². The number of benzene rings is 1. The van der Waals surface area contributed by atoms with Crippen LogP contribution in [0.5, 0.6) is 0 Å². The first-order valence-electron chi connectivity index (χ1n) is 5.16. The zero-order valence-electron chi connectivity index (χ0n) is 9.88. The van der Waals surface area contributed by atoms with E-state index in [0.717, 1.165) is 5.69 Å². The maximum absolute atomic E-state index is 5.97. The zero-order valence-corrected chi connectivity index (χ0v) is 11.4. The minimum Gasteiger partial charge on any atom is -0.383 e. The van der Waals surface area contributed by atoms with Gasteiger partial charge in [-0.15, -0.1) is 5.10 Å². The molecule has 0 fully saturated rings. The average molecular weight is 284 g/mol. The van der Waals surface area contributed by atoms with E-state index < -0.39 is 0 Å². The van der Waals surface area contributed by atoms with Crippen LogP contribution in [0.15, 0.2) is 24.4 Å². The number of rotatable bonds is 3. The molecule has 0 aliphatic rings. The van der Waals surface area contributed by atoms with Gasteiger partial charge in [-0.25, -0.2) is 0 Å². The fourth-order valence-corrected chi connectivity index (χ4v) is 1.61. The Hall–Kier alpha value is -1.59. The van der Waals surface area contributed by atoms with Gasteiger partial charge >= 0.3 is 0 Å². The van der Waals surface area contributed by atoms with Crippen LogP contribution in [0.25, 0.3) is 11.8 Å². The SMILES string of the molecule is CN(C)C=Cc1nnnn1-c1ccc(Cl)c(Cl)c1. The first-order valence-corrected chi connectivity index (χ1v) is 5.92. The van der Waals surface area contributed by atoms with Crippen molar-refractivity contribution in [1.29, 1.82) is 0 Å². The first kappa shape index (κ1) is 12.9. The fourth-order valence-electron chi connectivity index (χ4n) is 1.31. The summed E-state index contributed by atoms with van der Waals surface area (Å²) in [4.78, 5) is 1.90. The molecule has 1 aromatic heterocycles. The lowest BCUT2D eigenvalue weighted by molar-refractivity contribution is 0.567. The highest BCUT2D eigenvalue weighted by molar-refractivity contribution is 6.42. The third kappa shape index (κ3) is 2.80. The first-order chi connectivity index (χ1) is 8.58. The van der Waals surface area contributed by atoms with Crippen molar-refractivity contribution in [2.24, 2.45) is 0 Å². The van der Waals surface area contributed by atoms with Crippen LogP contribution in [0.3, 0.4) is 0 Å². The van der Waals surface area contributed by atoms with Crippen molar-refractivity contribution < 1.29 is 0 Å². The molecule has 94 valence electrons. The van der Waals surface area contributed by atoms with Crippen molar-refractivity contribution in [3.63, 3.8) is 0 Å². The van der Waals surface area contributed by atoms with E-state index in [0.29, 0.717) is 15.9 Å². The summed E-state index contributed by atoms with van der Waals surface area (Å²) < 4.78 is 1.59. The molecule has 0 atom stereocenters. The molecule has 7 heteroatoms. The number of tetrazole rings is 1. The van der Waals surface area contributed by atoms with Crippen LogP contribution in [0.4, 0.5) is 0 Å². The third-order valence-electron chi connectivity index (χ3n) is 2.16. The van der Waals surface area contributed by atoms with Crippen molar-refractivity contribution >= 4 is 29.3 Å². The molecule has 0 aliphatic heterocycles. The van der Waals surface area contributed by atoms with E-state index in [1.165, 1.54) is 0 Å². The van der Waals surface area contributed by atoms with E-state index in [1.807, 2.05) is 31.3 Å². The molecular formula is C11H11Cl2N5. The van der Waals surface area contributed by atoms with Gasteiger partial charge in [0.2, 0.25) is 0 Å². The molecule has 0 bridgehead atoms. The summed E-state index contributed by atoms with van der Waals surface area (Å²) in [7, 11) is 3.84. The minimum atomic E-state index is 0.465. The Bertz CT molecular complexity index is 577. The highest BCUT2D eigenvalue weighted by Crippen LogP contribution is 2.24. The summed E-state index contributed by atoms with van der Waals surface area (Å²) >= 11 is 11.8. The largest absolute Gasteiger partial charge is 0.383 e. The molecule has 0 N–H and O–H groups in total. The van der Waals surface area contributed by atoms with Gasteiger partial charge in [-0.3, -0.25) is 0 Å². The Balaban J connectivity index is 2.39. The molecule has 0 spiro atoms. The highest BCUT2D eigenvalue weighted by Gasteiger charge is 2.07. The normalized spacial score (nSPS) is 11.1. The number of halogens is 2. The molecule has 0 aliphatic carbocycles. The number of hydrogen-bond donors (Lipinski definition) is 0. The van der Waals surface area contributed by atoms with Crippen molar-refractivity contribution in [3.05, 3.63) is 40.3 Å². The van der Waals surface area contributed by atoms with E-state index in [1.54, 1.807) is 22.9 Å². The van der Waals surface area contributed by atoms with Gasteiger partial charge in [-0.2, -0.15) is 4.68 Å². The molecule has 0 radical (unpaired) electrons. The van der Waals surface area contributed by atoms with Crippen molar-refractivity contribution in [2.45, 2.75) is 0 Å². The second-order valence-corrected chi connectivity index (χ2v) is 4.64. The van der Waals surface area contributed by atoms with E-state index >= 15 is 0 Å². The molecule has 2 rings (SSSR count). The fraction of sp³-hybridized carbons (Fsp3) is 0.182. The number of nitrogens with zero attached hydrogens (tertiary/aromatic N) is 5. The lowest BCUT2D eigenvalue weighted by Gasteiger charge is -2.05. The van der Waals surface area contributed by atoms with Gasteiger partial charge in [0, 0.05) is 26.4 Å². The minimum absolute atomic E-state index is 0.465. The lowest BCUT2D eigenvalue weighted by atomic mass is 10.3. The van der Waals surface area contributed by atoms with Gasteiger partial charge in [0.15, 0.2) is 5.82 Å². The van der Waals surface area contributed by atoms with Crippen LogP contribution < -0.4 is 0 Å². The van der Waals surface area contributed by atoms with Gasteiger partial charge in [0.05, 0.1) is 15.7 Å². The molecule has 0 unspecified atom stereocenters. The molecule has 5 nitrogen and oxygen atoms in total. The molecule has 0 amide bonds. The topological polar surface area (TPSA) is 46.8 Å². The van der Waals surface area contributed by atoms with Crippen LogP contribution >= 0.6 is 23.2 Å². The third-order valence-corrected chi connectivity index (χ3v) is 2.90. The van der Waals surface area contributed by atoms with Gasteiger partial charge in [-0.1, -0.05) is 23.2 Å². The molecule has 1 heterocycles. The molecule has 1 aromatic carbocycles. The maximum Gasteiger partial charge on any atom is 0.181 e. The van der Waals surface area contributed by atoms with Crippen molar-refractivity contribution in [2.75, 3.05) is 14.1 Å². The Kier molecular flexibility index (Phi) is 3.84. The Morgan fingerprint density at radius 3 is 2.67 bits per heavy atom. The maximum atomic E-state index is 5.97. The van der Waals surface area contributed by atoms with E-state index in [9.17, 15) is 0 Å². The molecule has 0 saturated carbocycles. The summed E-state index contributed by atoms with van der Waals surface area (Å²) in [5.41, 5.74) is 0.757. The standard InChI is InChI=1S/C11H11Cl2N5/c1-17(2)6-5-11-14-15-16-18(11)8-3-4-9(12)10(13)7-8/h3-7H,1-2H3. The summed E-state index contributed by atoms with van der Waals surface area (Å²) in [5.74, 6) is 0.613. The summed E-state index contributed by atoms with van der Waals surface area (Å²) in [6, 6.07) is 5.23. The quantitative estimate of drug-likeness (QED) is 0.868. The Morgan fingerprint density at radius 2 is 2.00 bits per heavy atom. The van der Waals surface area contributed by atoms with Gasteiger partial charge < -0.3 is 4.90 Å². The van der Waals surface area contributed by atoms with Crippen molar-refractivity contribution in [3.8, 4) is 5.69 Å². The Labute approximate surface area is 115 Å². The van der Waals surface area contributed by atoms with E-state index in [2.05, 4.69) is 15.5 Å². The summed E-state index contributed by atoms with van der Waals surface area (Å²) in [6.07, 6.45) is 3.67. The van der Waals surface area contributed by atoms with Crippen LogP contribution in [0.1, 0.15) is 5.82 Å². The average Bonchev–Trinajstić information content (AvgIpc) is 2.78. The Morgan fingerprint density at radius 1 is 1.22 bits per heavy atom. The zero-order chi connectivity index (χ0) is 13.1. The van der Waals surface area contributed by atoms with Gasteiger partial charge in [0.1, 0.15) is 0 Å². The highest BCUT2D eigenvalue weighted by atomic mass is 35.5. The van der Waals surface area contributed by atoms with Gasteiger partial charge in [-0.05, 0) is 28.6 Å². The summed E-state index contributed by atoms with van der Waals surface area (Å²) in [6.45, 7) is 0. The molecule has 18 heavy (non-hydrogen) atoms. The van der Waals surface area contributed by atoms with Crippen LogP contribution in [0.2, 0.25) is 10.0 Å². The molecular weight excluding hydrogens is 273 g/mol. The van der Waals surface area contributed by atoms with Crippen LogP contribution in [-0.2, 0) is 0 Å². The smallest absolute Gasteiger partial charge is 0.181 e. The second kappa shape index (κ2) is 5.37. The van der Waals surface area contributed by atoms with Crippen LogP contribution in [0, 0.1) is 0 Å². The molecule has 0 saturated heterocycles. The summed E-state index contributed by atoms with van der Waals surface area (Å²) in [5, 5.41) is 12.5. The number of hydrogen-bond acceptors (Lipinski definition) is 4. The predicted molar refractivity (Wildman–Crippen MR) is 71.9 cm³/mol. The predicted octanol–water partition coefficient (Wildman–Crippen LogP) is 2.50. The van der Waals surface area contributed by atoms with Crippen LogP contribution in [-0.4, -0.2) is 39.2 Å². The van der Waals surface area contributed by atoms with Gasteiger partial charge in [0.25, 0.3) is 0 Å². The number of aromatic nitrogens is 4. The van der Waals surface area contributed by atoms with Crippen molar-refractivity contribution in [1.82, 2.24) is 25.1 Å². The van der Waals surface area contributed by atoms with E-state index in [-0.39, 0.29) is 0 Å².